The lowest BCUT2D eigenvalue weighted by Gasteiger charge is -2.37. The highest BCUT2D eigenvalue weighted by molar-refractivity contribution is 5.80. The van der Waals surface area contributed by atoms with Gasteiger partial charge in [0.1, 0.15) is 0 Å². The van der Waals surface area contributed by atoms with Crippen molar-refractivity contribution >= 4 is 11.9 Å². The smallest absolute Gasteiger partial charge is 0.309 e. The van der Waals surface area contributed by atoms with E-state index in [-0.39, 0.29) is 11.9 Å². The zero-order valence-electron chi connectivity index (χ0n) is 12.2. The van der Waals surface area contributed by atoms with Crippen LogP contribution in [0.2, 0.25) is 0 Å². The van der Waals surface area contributed by atoms with Crippen molar-refractivity contribution in [2.45, 2.75) is 40.0 Å². The van der Waals surface area contributed by atoms with Crippen LogP contribution in [0.5, 0.6) is 0 Å². The first kappa shape index (κ1) is 16.0. The standard InChI is InChI=1S/C14H24O5/c1-13(2)10(6-7-14(13,3)12(16)17)11(15)19-9-5-8-18-4/h10H,5-9H2,1-4H3,(H,16,17). The van der Waals surface area contributed by atoms with Crippen LogP contribution in [0.3, 0.4) is 0 Å². The van der Waals surface area contributed by atoms with Gasteiger partial charge >= 0.3 is 11.9 Å². The predicted molar refractivity (Wildman–Crippen MR) is 69.7 cm³/mol. The Balaban J connectivity index is 2.65. The van der Waals surface area contributed by atoms with Gasteiger partial charge in [0.15, 0.2) is 0 Å². The molecule has 0 saturated heterocycles. The highest BCUT2D eigenvalue weighted by atomic mass is 16.5. The molecule has 0 aromatic rings. The van der Waals surface area contributed by atoms with Crippen LogP contribution in [0.15, 0.2) is 0 Å². The van der Waals surface area contributed by atoms with E-state index in [1.807, 2.05) is 13.8 Å². The molecule has 1 aliphatic rings. The lowest BCUT2D eigenvalue weighted by Crippen LogP contribution is -2.43. The molecule has 1 rings (SSSR count). The first-order valence-electron chi connectivity index (χ1n) is 6.66. The van der Waals surface area contributed by atoms with E-state index in [9.17, 15) is 14.7 Å². The van der Waals surface area contributed by atoms with E-state index in [1.54, 1.807) is 14.0 Å². The van der Waals surface area contributed by atoms with Gasteiger partial charge in [0.05, 0.1) is 17.9 Å². The number of methoxy groups -OCH3 is 1. The molecule has 0 heterocycles. The topological polar surface area (TPSA) is 72.8 Å². The van der Waals surface area contributed by atoms with E-state index < -0.39 is 16.8 Å². The molecule has 110 valence electrons. The second-order valence-corrected chi connectivity index (χ2v) is 5.96. The normalized spacial score (nSPS) is 29.2. The Morgan fingerprint density at radius 1 is 1.26 bits per heavy atom. The van der Waals surface area contributed by atoms with Crippen LogP contribution in [0.4, 0.5) is 0 Å². The maximum absolute atomic E-state index is 12.1. The Labute approximate surface area is 114 Å². The van der Waals surface area contributed by atoms with Gasteiger partial charge in [-0.15, -0.1) is 0 Å². The molecule has 0 aliphatic heterocycles. The average Bonchev–Trinajstić information content (AvgIpc) is 2.57. The monoisotopic (exact) mass is 272 g/mol. The number of esters is 1. The van der Waals surface area contributed by atoms with Gasteiger partial charge < -0.3 is 14.6 Å². The van der Waals surface area contributed by atoms with Crippen molar-refractivity contribution in [2.75, 3.05) is 20.3 Å². The van der Waals surface area contributed by atoms with Crippen LogP contribution in [-0.2, 0) is 19.1 Å². The van der Waals surface area contributed by atoms with Gasteiger partial charge in [-0.3, -0.25) is 9.59 Å². The van der Waals surface area contributed by atoms with Crippen LogP contribution < -0.4 is 0 Å². The van der Waals surface area contributed by atoms with Gasteiger partial charge in [0.25, 0.3) is 0 Å². The molecule has 1 N–H and O–H groups in total. The molecular weight excluding hydrogens is 248 g/mol. The zero-order chi connectivity index (χ0) is 14.7. The first-order chi connectivity index (χ1) is 8.77. The third-order valence-corrected chi connectivity index (χ3v) is 4.72. The van der Waals surface area contributed by atoms with Crippen molar-refractivity contribution < 1.29 is 24.2 Å². The fourth-order valence-corrected chi connectivity index (χ4v) is 2.77. The van der Waals surface area contributed by atoms with Gasteiger partial charge in [-0.05, 0) is 25.2 Å². The molecule has 0 bridgehead atoms. The van der Waals surface area contributed by atoms with Gasteiger partial charge in [0.2, 0.25) is 0 Å². The minimum absolute atomic E-state index is 0.286. The Hall–Kier alpha value is -1.10. The molecule has 1 saturated carbocycles. The largest absolute Gasteiger partial charge is 0.481 e. The summed E-state index contributed by atoms with van der Waals surface area (Å²) >= 11 is 0. The van der Waals surface area contributed by atoms with Gasteiger partial charge in [-0.2, -0.15) is 0 Å². The quantitative estimate of drug-likeness (QED) is 0.592. The van der Waals surface area contributed by atoms with E-state index in [1.165, 1.54) is 0 Å². The summed E-state index contributed by atoms with van der Waals surface area (Å²) in [5, 5.41) is 9.39. The molecular formula is C14H24O5. The molecule has 5 heteroatoms. The maximum Gasteiger partial charge on any atom is 0.309 e. The number of rotatable bonds is 6. The number of ether oxygens (including phenoxy) is 2. The molecule has 0 aromatic heterocycles. The SMILES string of the molecule is COCCCOC(=O)C1CCC(C)(C(=O)O)C1(C)C. The van der Waals surface area contributed by atoms with Crippen molar-refractivity contribution in [2.24, 2.45) is 16.7 Å². The molecule has 0 radical (unpaired) electrons. The molecule has 1 aliphatic carbocycles. The lowest BCUT2D eigenvalue weighted by molar-refractivity contribution is -0.160. The molecule has 2 atom stereocenters. The third-order valence-electron chi connectivity index (χ3n) is 4.72. The summed E-state index contributed by atoms with van der Waals surface area (Å²) in [7, 11) is 1.60. The summed E-state index contributed by atoms with van der Waals surface area (Å²) < 4.78 is 10.1. The van der Waals surface area contributed by atoms with Crippen LogP contribution in [0, 0.1) is 16.7 Å². The Bertz CT molecular complexity index is 350. The van der Waals surface area contributed by atoms with Crippen molar-refractivity contribution in [3.8, 4) is 0 Å². The van der Waals surface area contributed by atoms with E-state index >= 15 is 0 Å². The number of hydrogen-bond donors (Lipinski definition) is 1. The summed E-state index contributed by atoms with van der Waals surface area (Å²) in [6.07, 6.45) is 1.73. The number of hydrogen-bond acceptors (Lipinski definition) is 4. The van der Waals surface area contributed by atoms with Gasteiger partial charge in [-0.1, -0.05) is 13.8 Å². The fraction of sp³-hybridized carbons (Fsp3) is 0.857. The lowest BCUT2D eigenvalue weighted by atomic mass is 9.66. The second-order valence-electron chi connectivity index (χ2n) is 5.96. The van der Waals surface area contributed by atoms with Crippen molar-refractivity contribution in [3.63, 3.8) is 0 Å². The molecule has 19 heavy (non-hydrogen) atoms. The van der Waals surface area contributed by atoms with Gasteiger partial charge in [0, 0.05) is 20.1 Å². The van der Waals surface area contributed by atoms with E-state index in [2.05, 4.69) is 0 Å². The highest BCUT2D eigenvalue weighted by Crippen LogP contribution is 2.56. The average molecular weight is 272 g/mol. The molecule has 0 spiro atoms. The first-order valence-corrected chi connectivity index (χ1v) is 6.66. The predicted octanol–water partition coefficient (Wildman–Crippen LogP) is 2.09. The number of carbonyl (C=O) groups excluding carboxylic acids is 1. The van der Waals surface area contributed by atoms with Crippen molar-refractivity contribution in [3.05, 3.63) is 0 Å². The Kier molecular flexibility index (Phi) is 4.96. The van der Waals surface area contributed by atoms with Crippen LogP contribution in [0.1, 0.15) is 40.0 Å². The van der Waals surface area contributed by atoms with Gasteiger partial charge in [-0.25, -0.2) is 0 Å². The summed E-state index contributed by atoms with van der Waals surface area (Å²) in [5.41, 5.74) is -1.47. The molecule has 0 aromatic carbocycles. The minimum Gasteiger partial charge on any atom is -0.481 e. The molecule has 2 unspecified atom stereocenters. The number of carboxylic acids is 1. The Morgan fingerprint density at radius 2 is 1.89 bits per heavy atom. The summed E-state index contributed by atoms with van der Waals surface area (Å²) in [6, 6.07) is 0. The summed E-state index contributed by atoms with van der Waals surface area (Å²) in [6.45, 7) is 6.27. The number of carbonyl (C=O) groups is 2. The van der Waals surface area contributed by atoms with Crippen LogP contribution in [0.25, 0.3) is 0 Å². The van der Waals surface area contributed by atoms with Crippen LogP contribution >= 0.6 is 0 Å². The molecule has 1 fully saturated rings. The fourth-order valence-electron chi connectivity index (χ4n) is 2.77. The van der Waals surface area contributed by atoms with Crippen LogP contribution in [-0.4, -0.2) is 37.4 Å². The number of aliphatic carboxylic acids is 1. The Morgan fingerprint density at radius 3 is 2.37 bits per heavy atom. The third kappa shape index (κ3) is 2.91. The zero-order valence-corrected chi connectivity index (χ0v) is 12.2. The highest BCUT2D eigenvalue weighted by Gasteiger charge is 2.58. The van der Waals surface area contributed by atoms with E-state index in [0.29, 0.717) is 32.5 Å². The maximum atomic E-state index is 12.1. The molecule has 0 amide bonds. The van der Waals surface area contributed by atoms with Crippen molar-refractivity contribution in [1.29, 1.82) is 0 Å². The number of carboxylic acid groups (broad SMARTS) is 1. The van der Waals surface area contributed by atoms with Crippen molar-refractivity contribution in [1.82, 2.24) is 0 Å². The summed E-state index contributed by atoms with van der Waals surface area (Å²) in [4.78, 5) is 23.5. The minimum atomic E-state index is -0.872. The molecule has 5 nitrogen and oxygen atoms in total. The van der Waals surface area contributed by atoms with E-state index in [0.717, 1.165) is 0 Å². The summed E-state index contributed by atoms with van der Waals surface area (Å²) in [5.74, 6) is -1.48. The van der Waals surface area contributed by atoms with E-state index in [4.69, 9.17) is 9.47 Å². The second kappa shape index (κ2) is 5.90.